The van der Waals surface area contributed by atoms with E-state index in [1.165, 1.54) is 43.2 Å². The van der Waals surface area contributed by atoms with Gasteiger partial charge in [0.1, 0.15) is 11.9 Å². The Morgan fingerprint density at radius 2 is 1.57 bits per heavy atom. The van der Waals surface area contributed by atoms with Crippen molar-refractivity contribution >= 4 is 5.84 Å². The smallest absolute Gasteiger partial charge is 0.121 e. The van der Waals surface area contributed by atoms with E-state index in [9.17, 15) is 0 Å². The number of benzene rings is 2. The molecule has 2 aromatic carbocycles. The minimum Gasteiger partial charge on any atom is -0.311 e. The van der Waals surface area contributed by atoms with Gasteiger partial charge in [-0.25, -0.2) is 0 Å². The fourth-order valence-corrected chi connectivity index (χ4v) is 4.24. The minimum absolute atomic E-state index is 0.109. The summed E-state index contributed by atoms with van der Waals surface area (Å²) in [5.41, 5.74) is 5.75. The lowest BCUT2D eigenvalue weighted by Crippen LogP contribution is -2.45. The first-order valence-corrected chi connectivity index (χ1v) is 10.7. The highest BCUT2D eigenvalue weighted by atomic mass is 16.7. The van der Waals surface area contributed by atoms with Crippen LogP contribution in [0.5, 0.6) is 0 Å². The lowest BCUT2D eigenvalue weighted by molar-refractivity contribution is 0.00382. The molecule has 4 heteroatoms. The zero-order chi connectivity index (χ0) is 19.0. The number of amidine groups is 1. The van der Waals surface area contributed by atoms with Gasteiger partial charge in [-0.15, -0.1) is 0 Å². The molecule has 2 aromatic rings. The summed E-state index contributed by atoms with van der Waals surface area (Å²) >= 11 is 0. The van der Waals surface area contributed by atoms with Gasteiger partial charge >= 0.3 is 0 Å². The number of hydroxylamine groups is 1. The minimum atomic E-state index is 0.109. The van der Waals surface area contributed by atoms with E-state index in [2.05, 4.69) is 71.5 Å². The van der Waals surface area contributed by atoms with Crippen molar-refractivity contribution in [3.8, 4) is 0 Å². The van der Waals surface area contributed by atoms with Gasteiger partial charge in [0.15, 0.2) is 0 Å². The van der Waals surface area contributed by atoms with Gasteiger partial charge in [-0.2, -0.15) is 0 Å². The summed E-state index contributed by atoms with van der Waals surface area (Å²) in [4.78, 5) is 10.7. The standard InChI is InChI=1S/C24H31N3O/c1-4-10-19(11-5-1)23(20-12-6-2-7-13-20)16-24-26-18-22(28-27-24)17-25-21-14-8-3-9-15-21/h1-2,4-7,10-13,21-23,25H,3,8-9,14-18H2,(H,26,27). The van der Waals surface area contributed by atoms with Crippen LogP contribution in [-0.2, 0) is 4.84 Å². The summed E-state index contributed by atoms with van der Waals surface area (Å²) in [5.74, 6) is 1.21. The molecule has 0 aromatic heterocycles. The summed E-state index contributed by atoms with van der Waals surface area (Å²) < 4.78 is 0. The van der Waals surface area contributed by atoms with Crippen LogP contribution in [0, 0.1) is 0 Å². The van der Waals surface area contributed by atoms with Crippen LogP contribution in [0.2, 0.25) is 0 Å². The first-order valence-electron chi connectivity index (χ1n) is 10.7. The second kappa shape index (κ2) is 9.85. The normalized spacial score (nSPS) is 20.6. The van der Waals surface area contributed by atoms with E-state index >= 15 is 0 Å². The number of hydrogen-bond acceptors (Lipinski definition) is 4. The van der Waals surface area contributed by atoms with Crippen molar-refractivity contribution in [2.45, 2.75) is 56.6 Å². The van der Waals surface area contributed by atoms with Gasteiger partial charge < -0.3 is 5.32 Å². The fourth-order valence-electron chi connectivity index (χ4n) is 4.24. The molecular formula is C24H31N3O. The fraction of sp³-hybridized carbons (Fsp3) is 0.458. The molecule has 1 aliphatic carbocycles. The maximum atomic E-state index is 5.91. The molecule has 1 unspecified atom stereocenters. The zero-order valence-corrected chi connectivity index (χ0v) is 16.5. The molecule has 2 N–H and O–H groups in total. The van der Waals surface area contributed by atoms with Gasteiger partial charge in [0.2, 0.25) is 0 Å². The molecule has 4 rings (SSSR count). The molecule has 1 aliphatic heterocycles. The highest BCUT2D eigenvalue weighted by Crippen LogP contribution is 2.28. The number of nitrogens with one attached hydrogen (secondary N) is 2. The van der Waals surface area contributed by atoms with Crippen LogP contribution in [-0.4, -0.2) is 31.1 Å². The zero-order valence-electron chi connectivity index (χ0n) is 16.5. The average Bonchev–Trinajstić information content (AvgIpc) is 2.79. The van der Waals surface area contributed by atoms with E-state index in [4.69, 9.17) is 9.83 Å². The van der Waals surface area contributed by atoms with Crippen LogP contribution in [0.1, 0.15) is 55.6 Å². The molecule has 1 fully saturated rings. The van der Waals surface area contributed by atoms with Gasteiger partial charge in [0.05, 0.1) is 6.54 Å². The Kier molecular flexibility index (Phi) is 6.74. The second-order valence-electron chi connectivity index (χ2n) is 7.95. The molecule has 0 radical (unpaired) electrons. The summed E-state index contributed by atoms with van der Waals surface area (Å²) in [6.07, 6.45) is 7.61. The Balaban J connectivity index is 1.36. The molecule has 0 spiro atoms. The van der Waals surface area contributed by atoms with E-state index in [1.807, 2.05) is 0 Å². The molecule has 1 saturated carbocycles. The summed E-state index contributed by atoms with van der Waals surface area (Å²) in [6.45, 7) is 1.59. The van der Waals surface area contributed by atoms with Crippen molar-refractivity contribution in [3.05, 3.63) is 71.8 Å². The number of rotatable bonds is 7. The average molecular weight is 378 g/mol. The predicted octanol–water partition coefficient (Wildman–Crippen LogP) is 4.43. The number of aliphatic imine (C=N–C) groups is 1. The summed E-state index contributed by atoms with van der Waals surface area (Å²) in [6, 6.07) is 22.0. The summed E-state index contributed by atoms with van der Waals surface area (Å²) in [5, 5.41) is 3.66. The van der Waals surface area contributed by atoms with Crippen LogP contribution in [0.3, 0.4) is 0 Å². The van der Waals surface area contributed by atoms with Crippen molar-refractivity contribution in [3.63, 3.8) is 0 Å². The monoisotopic (exact) mass is 377 g/mol. The van der Waals surface area contributed by atoms with Crippen LogP contribution in [0.4, 0.5) is 0 Å². The van der Waals surface area contributed by atoms with E-state index in [0.717, 1.165) is 25.3 Å². The van der Waals surface area contributed by atoms with Crippen molar-refractivity contribution in [2.75, 3.05) is 13.1 Å². The first-order chi connectivity index (χ1) is 13.9. The van der Waals surface area contributed by atoms with Crippen LogP contribution in [0.15, 0.2) is 65.7 Å². The summed E-state index contributed by atoms with van der Waals surface area (Å²) in [7, 11) is 0. The lowest BCUT2D eigenvalue weighted by Gasteiger charge is -2.28. The Morgan fingerprint density at radius 1 is 0.929 bits per heavy atom. The van der Waals surface area contributed by atoms with E-state index in [0.29, 0.717) is 6.04 Å². The third kappa shape index (κ3) is 5.21. The van der Waals surface area contributed by atoms with Crippen molar-refractivity contribution < 1.29 is 4.84 Å². The van der Waals surface area contributed by atoms with Gasteiger partial charge in [-0.05, 0) is 24.0 Å². The van der Waals surface area contributed by atoms with Crippen molar-refractivity contribution in [1.82, 2.24) is 10.8 Å². The molecule has 4 nitrogen and oxygen atoms in total. The van der Waals surface area contributed by atoms with Crippen LogP contribution >= 0.6 is 0 Å². The Bertz CT molecular complexity index is 701. The molecular weight excluding hydrogens is 346 g/mol. The highest BCUT2D eigenvalue weighted by Gasteiger charge is 2.22. The predicted molar refractivity (Wildman–Crippen MR) is 115 cm³/mol. The molecule has 2 aliphatic rings. The van der Waals surface area contributed by atoms with E-state index in [1.54, 1.807) is 0 Å². The largest absolute Gasteiger partial charge is 0.311 e. The lowest BCUT2D eigenvalue weighted by atomic mass is 9.88. The van der Waals surface area contributed by atoms with Crippen LogP contribution < -0.4 is 10.8 Å². The second-order valence-corrected chi connectivity index (χ2v) is 7.95. The van der Waals surface area contributed by atoms with Crippen molar-refractivity contribution in [2.24, 2.45) is 4.99 Å². The molecule has 1 heterocycles. The molecule has 0 bridgehead atoms. The number of hydrogen-bond donors (Lipinski definition) is 2. The van der Waals surface area contributed by atoms with Crippen LogP contribution in [0.25, 0.3) is 0 Å². The molecule has 0 saturated heterocycles. The Labute approximate surface area is 168 Å². The van der Waals surface area contributed by atoms with E-state index in [-0.39, 0.29) is 12.0 Å². The van der Waals surface area contributed by atoms with Gasteiger partial charge in [-0.3, -0.25) is 15.3 Å². The Morgan fingerprint density at radius 3 is 2.14 bits per heavy atom. The SMILES string of the molecule is c1ccc(C(CC2=NCC(CNC3CCCCC3)ON2)c2ccccc2)cc1. The van der Waals surface area contributed by atoms with Crippen molar-refractivity contribution in [1.29, 1.82) is 0 Å². The van der Waals surface area contributed by atoms with Gasteiger partial charge in [-0.1, -0.05) is 79.9 Å². The molecule has 148 valence electrons. The number of nitrogens with zero attached hydrogens (tertiary/aromatic N) is 1. The maximum absolute atomic E-state index is 5.91. The first kappa shape index (κ1) is 19.2. The Hall–Kier alpha value is -2.17. The maximum Gasteiger partial charge on any atom is 0.121 e. The third-order valence-corrected chi connectivity index (χ3v) is 5.87. The quantitative estimate of drug-likeness (QED) is 0.750. The van der Waals surface area contributed by atoms with E-state index < -0.39 is 0 Å². The van der Waals surface area contributed by atoms with Gasteiger partial charge in [0, 0.05) is 24.9 Å². The highest BCUT2D eigenvalue weighted by molar-refractivity contribution is 5.83. The third-order valence-electron chi connectivity index (χ3n) is 5.87. The molecule has 28 heavy (non-hydrogen) atoms. The molecule has 1 atom stereocenters. The molecule has 0 amide bonds. The van der Waals surface area contributed by atoms with Gasteiger partial charge in [0.25, 0.3) is 0 Å². The topological polar surface area (TPSA) is 45.7 Å².